The summed E-state index contributed by atoms with van der Waals surface area (Å²) in [5, 5.41) is 8.57. The number of rotatable bonds is 2. The predicted molar refractivity (Wildman–Crippen MR) is 57.6 cm³/mol. The lowest BCUT2D eigenvalue weighted by Crippen LogP contribution is -1.86. The topological polar surface area (TPSA) is 20.2 Å². The number of hydrogen-bond acceptors (Lipinski definition) is 2. The molecule has 0 aliphatic heterocycles. The van der Waals surface area contributed by atoms with Gasteiger partial charge in [0.1, 0.15) is 6.61 Å². The van der Waals surface area contributed by atoms with E-state index in [9.17, 15) is 0 Å². The van der Waals surface area contributed by atoms with Crippen LogP contribution >= 0.6 is 11.8 Å². The molecule has 0 saturated carbocycles. The Labute approximate surface area is 83.2 Å². The molecule has 0 aliphatic rings. The van der Waals surface area contributed by atoms with E-state index in [-0.39, 0.29) is 6.61 Å². The lowest BCUT2D eigenvalue weighted by molar-refractivity contribution is 0.350. The maximum Gasteiger partial charge on any atom is 0.104 e. The summed E-state index contributed by atoms with van der Waals surface area (Å²) in [6.45, 7) is -0.0758. The molecule has 1 aromatic carbocycles. The Morgan fingerprint density at radius 2 is 2.15 bits per heavy atom. The van der Waals surface area contributed by atoms with Gasteiger partial charge in [0, 0.05) is 11.3 Å². The van der Waals surface area contributed by atoms with Gasteiger partial charge in [-0.3, -0.25) is 0 Å². The van der Waals surface area contributed by atoms with E-state index in [1.54, 1.807) is 11.8 Å². The third-order valence-electron chi connectivity index (χ3n) is 1.62. The molecule has 0 aliphatic carbocycles. The summed E-state index contributed by atoms with van der Waals surface area (Å²) in [6, 6.07) is 8.02. The first-order chi connectivity index (χ1) is 6.38. The zero-order valence-electron chi connectivity index (χ0n) is 7.58. The molecule has 0 heterocycles. The van der Waals surface area contributed by atoms with Crippen LogP contribution in [-0.2, 0) is 5.75 Å². The van der Waals surface area contributed by atoms with Crippen LogP contribution in [0.25, 0.3) is 0 Å². The first-order valence-corrected chi connectivity index (χ1v) is 5.44. The van der Waals surface area contributed by atoms with Crippen molar-refractivity contribution in [3.05, 3.63) is 35.4 Å². The molecule has 0 spiro atoms. The van der Waals surface area contributed by atoms with Crippen molar-refractivity contribution < 1.29 is 5.11 Å². The van der Waals surface area contributed by atoms with Crippen molar-refractivity contribution in [2.24, 2.45) is 0 Å². The van der Waals surface area contributed by atoms with Crippen molar-refractivity contribution in [1.82, 2.24) is 0 Å². The lowest BCUT2D eigenvalue weighted by atomic mass is 10.1. The van der Waals surface area contributed by atoms with Crippen LogP contribution in [0.4, 0.5) is 0 Å². The maximum atomic E-state index is 8.57. The van der Waals surface area contributed by atoms with Crippen LogP contribution in [0.5, 0.6) is 0 Å². The number of benzene rings is 1. The minimum atomic E-state index is -0.0758. The molecule has 68 valence electrons. The quantitative estimate of drug-likeness (QED) is 0.722. The standard InChI is InChI=1S/C11H12OS/c1-13-9-11-6-3-2-5-10(11)7-4-8-12/h2-3,5-6,12H,8-9H2,1H3. The molecule has 0 radical (unpaired) electrons. The van der Waals surface area contributed by atoms with Gasteiger partial charge in [-0.25, -0.2) is 0 Å². The number of aliphatic hydroxyl groups is 1. The van der Waals surface area contributed by atoms with E-state index < -0.39 is 0 Å². The van der Waals surface area contributed by atoms with Gasteiger partial charge >= 0.3 is 0 Å². The van der Waals surface area contributed by atoms with Gasteiger partial charge in [0.25, 0.3) is 0 Å². The van der Waals surface area contributed by atoms with Gasteiger partial charge in [-0.2, -0.15) is 11.8 Å². The molecular formula is C11H12OS. The van der Waals surface area contributed by atoms with Crippen LogP contribution in [0.2, 0.25) is 0 Å². The summed E-state index contributed by atoms with van der Waals surface area (Å²) < 4.78 is 0. The van der Waals surface area contributed by atoms with E-state index >= 15 is 0 Å². The Balaban J connectivity index is 2.90. The fourth-order valence-electron chi connectivity index (χ4n) is 1.06. The van der Waals surface area contributed by atoms with Gasteiger partial charge in [0.05, 0.1) is 0 Å². The smallest absolute Gasteiger partial charge is 0.104 e. The highest BCUT2D eigenvalue weighted by atomic mass is 32.2. The Hall–Kier alpha value is -0.910. The highest BCUT2D eigenvalue weighted by Crippen LogP contribution is 2.13. The van der Waals surface area contributed by atoms with Crippen LogP contribution < -0.4 is 0 Å². The number of thioether (sulfide) groups is 1. The first kappa shape index (κ1) is 10.2. The van der Waals surface area contributed by atoms with Gasteiger partial charge in [-0.15, -0.1) is 0 Å². The minimum Gasteiger partial charge on any atom is -0.384 e. The zero-order chi connectivity index (χ0) is 9.52. The van der Waals surface area contributed by atoms with E-state index in [1.165, 1.54) is 5.56 Å². The fraction of sp³-hybridized carbons (Fsp3) is 0.273. The van der Waals surface area contributed by atoms with Crippen LogP contribution in [0.3, 0.4) is 0 Å². The predicted octanol–water partition coefficient (Wildman–Crippen LogP) is 1.89. The third kappa shape index (κ3) is 3.14. The average molecular weight is 192 g/mol. The lowest BCUT2D eigenvalue weighted by Gasteiger charge is -2.00. The van der Waals surface area contributed by atoms with Gasteiger partial charge < -0.3 is 5.11 Å². The fourth-order valence-corrected chi connectivity index (χ4v) is 1.62. The number of hydrogen-bond donors (Lipinski definition) is 1. The SMILES string of the molecule is CSCc1ccccc1C#CCO. The zero-order valence-corrected chi connectivity index (χ0v) is 8.40. The van der Waals surface area contributed by atoms with Crippen molar-refractivity contribution >= 4 is 11.8 Å². The molecule has 1 aromatic rings. The van der Waals surface area contributed by atoms with E-state index in [0.29, 0.717) is 0 Å². The summed E-state index contributed by atoms with van der Waals surface area (Å²) in [5.74, 6) is 6.56. The molecule has 13 heavy (non-hydrogen) atoms. The normalized spacial score (nSPS) is 9.08. The van der Waals surface area contributed by atoms with Crippen molar-refractivity contribution in [3.8, 4) is 11.8 Å². The van der Waals surface area contributed by atoms with Crippen molar-refractivity contribution in [3.63, 3.8) is 0 Å². The van der Waals surface area contributed by atoms with E-state index in [4.69, 9.17) is 5.11 Å². The molecule has 1 nitrogen and oxygen atoms in total. The van der Waals surface area contributed by atoms with Crippen molar-refractivity contribution in [1.29, 1.82) is 0 Å². The maximum absolute atomic E-state index is 8.57. The highest BCUT2D eigenvalue weighted by Gasteiger charge is 1.96. The molecule has 1 rings (SSSR count). The molecule has 0 unspecified atom stereocenters. The summed E-state index contributed by atoms with van der Waals surface area (Å²) >= 11 is 1.77. The summed E-state index contributed by atoms with van der Waals surface area (Å²) in [7, 11) is 0. The van der Waals surface area contributed by atoms with Crippen LogP contribution in [0, 0.1) is 11.8 Å². The van der Waals surface area contributed by atoms with Crippen molar-refractivity contribution in [2.75, 3.05) is 12.9 Å². The Bertz CT molecular complexity index is 322. The second kappa shape index (κ2) is 5.69. The van der Waals surface area contributed by atoms with E-state index in [1.807, 2.05) is 18.2 Å². The largest absolute Gasteiger partial charge is 0.384 e. The molecule has 0 aromatic heterocycles. The molecule has 0 fully saturated rings. The Morgan fingerprint density at radius 1 is 1.38 bits per heavy atom. The van der Waals surface area contributed by atoms with Gasteiger partial charge in [0.15, 0.2) is 0 Å². The molecule has 0 saturated heterocycles. The molecule has 2 heteroatoms. The molecule has 0 bridgehead atoms. The molecule has 0 atom stereocenters. The summed E-state index contributed by atoms with van der Waals surface area (Å²) in [6.07, 6.45) is 2.07. The molecule has 1 N–H and O–H groups in total. The van der Waals surface area contributed by atoms with Gasteiger partial charge in [-0.1, -0.05) is 30.0 Å². The van der Waals surface area contributed by atoms with Crippen molar-refractivity contribution in [2.45, 2.75) is 5.75 Å². The van der Waals surface area contributed by atoms with Crippen LogP contribution in [0.1, 0.15) is 11.1 Å². The van der Waals surface area contributed by atoms with E-state index in [2.05, 4.69) is 24.2 Å². The second-order valence-corrected chi connectivity index (χ2v) is 3.42. The van der Waals surface area contributed by atoms with Gasteiger partial charge in [-0.05, 0) is 17.9 Å². The third-order valence-corrected chi connectivity index (χ3v) is 2.22. The second-order valence-electron chi connectivity index (χ2n) is 2.55. The monoisotopic (exact) mass is 192 g/mol. The van der Waals surface area contributed by atoms with Crippen LogP contribution in [-0.4, -0.2) is 18.0 Å². The summed E-state index contributed by atoms with van der Waals surface area (Å²) in [5.41, 5.74) is 2.25. The highest BCUT2D eigenvalue weighted by molar-refractivity contribution is 7.97. The number of aliphatic hydroxyl groups excluding tert-OH is 1. The van der Waals surface area contributed by atoms with Crippen LogP contribution in [0.15, 0.2) is 24.3 Å². The molecular weight excluding hydrogens is 180 g/mol. The first-order valence-electron chi connectivity index (χ1n) is 4.05. The Morgan fingerprint density at radius 3 is 2.85 bits per heavy atom. The Kier molecular flexibility index (Phi) is 4.45. The van der Waals surface area contributed by atoms with E-state index in [0.717, 1.165) is 11.3 Å². The minimum absolute atomic E-state index is 0.0758. The average Bonchev–Trinajstić information content (AvgIpc) is 2.17. The molecule has 0 amide bonds. The summed E-state index contributed by atoms with van der Waals surface area (Å²) in [4.78, 5) is 0. The van der Waals surface area contributed by atoms with Gasteiger partial charge in [0.2, 0.25) is 0 Å².